The number of nitrogens with one attached hydrogen (secondary N) is 2. The van der Waals surface area contributed by atoms with Crippen LogP contribution in [0.4, 0.5) is 5.95 Å². The van der Waals surface area contributed by atoms with Gasteiger partial charge in [-0.2, -0.15) is 0 Å². The lowest BCUT2D eigenvalue weighted by Crippen LogP contribution is -2.48. The molecule has 0 saturated carbocycles. The van der Waals surface area contributed by atoms with Crippen LogP contribution in [0.1, 0.15) is 35.2 Å². The highest BCUT2D eigenvalue weighted by molar-refractivity contribution is 5.92. The summed E-state index contributed by atoms with van der Waals surface area (Å²) >= 11 is 0. The van der Waals surface area contributed by atoms with Crippen molar-refractivity contribution in [3.63, 3.8) is 0 Å². The molecule has 28 heavy (non-hydrogen) atoms. The Hall–Kier alpha value is -2.89. The molecule has 1 aliphatic rings. The van der Waals surface area contributed by atoms with Crippen LogP contribution < -0.4 is 10.2 Å². The lowest BCUT2D eigenvalue weighted by molar-refractivity contribution is -0.121. The van der Waals surface area contributed by atoms with Gasteiger partial charge >= 0.3 is 0 Å². The van der Waals surface area contributed by atoms with Gasteiger partial charge in [-0.05, 0) is 56.9 Å². The topological polar surface area (TPSA) is 73.9 Å². The SMILES string of the molecule is Cc1cc(C)c2[nH]c(C)c(CC(=O)N[C@H]3CCCN(c4ncccn4)C3)c2c1. The third-order valence-corrected chi connectivity index (χ3v) is 5.53. The van der Waals surface area contributed by atoms with Crippen molar-refractivity contribution in [2.75, 3.05) is 18.0 Å². The molecule has 146 valence electrons. The highest BCUT2D eigenvalue weighted by atomic mass is 16.1. The van der Waals surface area contributed by atoms with Gasteiger partial charge in [0, 0.05) is 48.1 Å². The van der Waals surface area contributed by atoms with Crippen molar-refractivity contribution in [2.24, 2.45) is 0 Å². The molecule has 0 unspecified atom stereocenters. The van der Waals surface area contributed by atoms with Crippen molar-refractivity contribution in [2.45, 2.75) is 46.1 Å². The summed E-state index contributed by atoms with van der Waals surface area (Å²) in [6, 6.07) is 6.28. The highest BCUT2D eigenvalue weighted by Gasteiger charge is 2.23. The maximum Gasteiger partial charge on any atom is 0.225 e. The van der Waals surface area contributed by atoms with Crippen molar-refractivity contribution >= 4 is 22.8 Å². The van der Waals surface area contributed by atoms with E-state index >= 15 is 0 Å². The number of hydrogen-bond acceptors (Lipinski definition) is 4. The Morgan fingerprint density at radius 2 is 2.04 bits per heavy atom. The van der Waals surface area contributed by atoms with Gasteiger partial charge in [-0.1, -0.05) is 11.6 Å². The molecule has 6 heteroatoms. The van der Waals surface area contributed by atoms with E-state index in [1.807, 2.05) is 13.0 Å². The molecule has 1 aromatic carbocycles. The lowest BCUT2D eigenvalue weighted by Gasteiger charge is -2.33. The molecule has 0 spiro atoms. The number of carbonyl (C=O) groups excluding carboxylic acids is 1. The van der Waals surface area contributed by atoms with Crippen LogP contribution >= 0.6 is 0 Å². The monoisotopic (exact) mass is 377 g/mol. The lowest BCUT2D eigenvalue weighted by atomic mass is 10.0. The minimum Gasteiger partial charge on any atom is -0.358 e. The van der Waals surface area contributed by atoms with Crippen LogP contribution in [0.25, 0.3) is 10.9 Å². The van der Waals surface area contributed by atoms with Gasteiger partial charge in [-0.15, -0.1) is 0 Å². The van der Waals surface area contributed by atoms with E-state index in [4.69, 9.17) is 0 Å². The zero-order valence-electron chi connectivity index (χ0n) is 16.7. The molecule has 2 N–H and O–H groups in total. The normalized spacial score (nSPS) is 17.1. The van der Waals surface area contributed by atoms with Crippen molar-refractivity contribution in [3.8, 4) is 0 Å². The van der Waals surface area contributed by atoms with E-state index < -0.39 is 0 Å². The summed E-state index contributed by atoms with van der Waals surface area (Å²) in [6.07, 6.45) is 5.92. The number of nitrogens with zero attached hydrogens (tertiary/aromatic N) is 3. The van der Waals surface area contributed by atoms with Gasteiger partial charge in [-0.3, -0.25) is 4.79 Å². The van der Waals surface area contributed by atoms with Gasteiger partial charge < -0.3 is 15.2 Å². The number of aryl methyl sites for hydroxylation is 3. The second-order valence-corrected chi connectivity index (χ2v) is 7.81. The number of aromatic amines is 1. The smallest absolute Gasteiger partial charge is 0.225 e. The molecule has 3 aromatic rings. The number of piperidine rings is 1. The maximum atomic E-state index is 12.8. The zero-order chi connectivity index (χ0) is 19.7. The molecule has 0 aliphatic carbocycles. The fourth-order valence-electron chi connectivity index (χ4n) is 4.23. The van der Waals surface area contributed by atoms with E-state index in [9.17, 15) is 4.79 Å². The molecule has 1 amide bonds. The van der Waals surface area contributed by atoms with Gasteiger partial charge in [0.2, 0.25) is 11.9 Å². The average molecular weight is 377 g/mol. The molecule has 0 bridgehead atoms. The Kier molecular flexibility index (Phi) is 5.03. The Morgan fingerprint density at radius 3 is 2.82 bits per heavy atom. The summed E-state index contributed by atoms with van der Waals surface area (Å²) in [5.41, 5.74) is 5.74. The van der Waals surface area contributed by atoms with Crippen molar-refractivity contribution < 1.29 is 4.79 Å². The number of hydrogen-bond donors (Lipinski definition) is 2. The van der Waals surface area contributed by atoms with Gasteiger partial charge in [0.25, 0.3) is 0 Å². The number of amides is 1. The summed E-state index contributed by atoms with van der Waals surface area (Å²) in [6.45, 7) is 7.93. The number of anilines is 1. The van der Waals surface area contributed by atoms with Gasteiger partial charge in [0.05, 0.1) is 6.42 Å². The zero-order valence-corrected chi connectivity index (χ0v) is 16.7. The minimum atomic E-state index is 0.0731. The summed E-state index contributed by atoms with van der Waals surface area (Å²) < 4.78 is 0. The van der Waals surface area contributed by atoms with Crippen LogP contribution in [0, 0.1) is 20.8 Å². The van der Waals surface area contributed by atoms with E-state index in [0.717, 1.165) is 54.0 Å². The molecular formula is C22H27N5O. The quantitative estimate of drug-likeness (QED) is 0.732. The first-order chi connectivity index (χ1) is 13.5. The first-order valence-electron chi connectivity index (χ1n) is 9.91. The largest absolute Gasteiger partial charge is 0.358 e. The van der Waals surface area contributed by atoms with Crippen LogP contribution in [0.3, 0.4) is 0 Å². The Bertz CT molecular complexity index is 995. The first kappa shape index (κ1) is 18.5. The number of H-pyrrole nitrogens is 1. The summed E-state index contributed by atoms with van der Waals surface area (Å²) in [5.74, 6) is 0.809. The van der Waals surface area contributed by atoms with E-state index in [1.165, 1.54) is 11.1 Å². The molecule has 4 rings (SSSR count). The Balaban J connectivity index is 1.46. The van der Waals surface area contributed by atoms with Crippen LogP contribution in [0.2, 0.25) is 0 Å². The molecule has 6 nitrogen and oxygen atoms in total. The molecule has 1 atom stereocenters. The van der Waals surface area contributed by atoms with Crippen LogP contribution in [-0.2, 0) is 11.2 Å². The van der Waals surface area contributed by atoms with Crippen molar-refractivity contribution in [1.29, 1.82) is 0 Å². The fraction of sp³-hybridized carbons (Fsp3) is 0.409. The van der Waals surface area contributed by atoms with Crippen LogP contribution in [-0.4, -0.2) is 40.0 Å². The number of rotatable bonds is 4. The van der Waals surface area contributed by atoms with Crippen LogP contribution in [0.15, 0.2) is 30.6 Å². The summed E-state index contributed by atoms with van der Waals surface area (Å²) in [4.78, 5) is 27.1. The molecule has 1 fully saturated rings. The predicted octanol–water partition coefficient (Wildman–Crippen LogP) is 3.21. The van der Waals surface area contributed by atoms with E-state index in [2.05, 4.69) is 51.1 Å². The van der Waals surface area contributed by atoms with E-state index in [-0.39, 0.29) is 11.9 Å². The molecular weight excluding hydrogens is 350 g/mol. The second-order valence-electron chi connectivity index (χ2n) is 7.81. The van der Waals surface area contributed by atoms with Crippen molar-refractivity contribution in [1.82, 2.24) is 20.3 Å². The third kappa shape index (κ3) is 3.72. The predicted molar refractivity (Wildman–Crippen MR) is 112 cm³/mol. The summed E-state index contributed by atoms with van der Waals surface area (Å²) in [5, 5.41) is 4.39. The van der Waals surface area contributed by atoms with Gasteiger partial charge in [0.1, 0.15) is 0 Å². The number of carbonyl (C=O) groups is 1. The molecule has 2 aromatic heterocycles. The summed E-state index contributed by atoms with van der Waals surface area (Å²) in [7, 11) is 0. The minimum absolute atomic E-state index is 0.0731. The number of benzene rings is 1. The van der Waals surface area contributed by atoms with Crippen molar-refractivity contribution in [3.05, 3.63) is 53.0 Å². The third-order valence-electron chi connectivity index (χ3n) is 5.53. The first-order valence-corrected chi connectivity index (χ1v) is 9.91. The number of aromatic nitrogens is 3. The average Bonchev–Trinajstić information content (AvgIpc) is 2.99. The van der Waals surface area contributed by atoms with E-state index in [0.29, 0.717) is 6.42 Å². The Labute approximate surface area is 165 Å². The second kappa shape index (κ2) is 7.62. The van der Waals surface area contributed by atoms with Gasteiger partial charge in [0.15, 0.2) is 0 Å². The fourth-order valence-corrected chi connectivity index (χ4v) is 4.23. The highest BCUT2D eigenvalue weighted by Crippen LogP contribution is 2.27. The standard InChI is InChI=1S/C22H27N5O/c1-14-10-15(2)21-19(11-14)18(16(3)25-21)12-20(28)26-17-6-4-9-27(13-17)22-23-7-5-8-24-22/h5,7-8,10-11,17,25H,4,6,9,12-13H2,1-3H3,(H,26,28)/t17-/m0/s1. The molecule has 1 aliphatic heterocycles. The number of fused-ring (bicyclic) bond motifs is 1. The van der Waals surface area contributed by atoms with Crippen LogP contribution in [0.5, 0.6) is 0 Å². The molecule has 1 saturated heterocycles. The maximum absolute atomic E-state index is 12.8. The Morgan fingerprint density at radius 1 is 1.25 bits per heavy atom. The van der Waals surface area contributed by atoms with Gasteiger partial charge in [-0.25, -0.2) is 9.97 Å². The van der Waals surface area contributed by atoms with E-state index in [1.54, 1.807) is 12.4 Å². The molecule has 3 heterocycles. The molecule has 0 radical (unpaired) electrons.